The molecule has 1 aromatic carbocycles. The van der Waals surface area contributed by atoms with Crippen molar-refractivity contribution in [3.8, 4) is 0 Å². The minimum absolute atomic E-state index is 0.000385. The molecule has 1 saturated heterocycles. The average molecular weight is 273 g/mol. The van der Waals surface area contributed by atoms with E-state index in [1.807, 2.05) is 24.3 Å². The largest absolute Gasteiger partial charge is 0.346 e. The lowest BCUT2D eigenvalue weighted by Gasteiger charge is -2.14. The van der Waals surface area contributed by atoms with Crippen LogP contribution in [-0.2, 0) is 11.2 Å². The number of benzene rings is 1. The van der Waals surface area contributed by atoms with Crippen molar-refractivity contribution in [2.45, 2.75) is 57.9 Å². The number of unbranched alkanes of at least 4 members (excludes halogenated alkanes) is 1. The van der Waals surface area contributed by atoms with Gasteiger partial charge in [-0.1, -0.05) is 44.0 Å². The number of ketones is 1. The van der Waals surface area contributed by atoms with Crippen molar-refractivity contribution in [1.29, 1.82) is 0 Å². The van der Waals surface area contributed by atoms with Crippen LogP contribution >= 0.6 is 0 Å². The van der Waals surface area contributed by atoms with Gasteiger partial charge in [0, 0.05) is 12.0 Å². The van der Waals surface area contributed by atoms with Gasteiger partial charge in [0.25, 0.3) is 0 Å². The number of carbonyl (C=O) groups excluding carboxylic acids is 2. The monoisotopic (exact) mass is 273 g/mol. The van der Waals surface area contributed by atoms with E-state index in [9.17, 15) is 9.59 Å². The summed E-state index contributed by atoms with van der Waals surface area (Å²) in [5.41, 5.74) is 1.98. The maximum absolute atomic E-state index is 12.4. The normalized spacial score (nSPS) is 19.2. The third-order valence-electron chi connectivity index (χ3n) is 3.86. The Morgan fingerprint density at radius 3 is 2.70 bits per heavy atom. The Balaban J connectivity index is 2.02. The molecule has 0 saturated carbocycles. The van der Waals surface area contributed by atoms with Crippen molar-refractivity contribution < 1.29 is 9.59 Å². The molecule has 1 fully saturated rings. The van der Waals surface area contributed by atoms with Gasteiger partial charge in [-0.25, -0.2) is 0 Å². The Hall–Kier alpha value is -1.64. The Morgan fingerprint density at radius 2 is 2.00 bits per heavy atom. The van der Waals surface area contributed by atoms with Crippen LogP contribution in [0.15, 0.2) is 24.3 Å². The lowest BCUT2D eigenvalue weighted by atomic mass is 9.98. The van der Waals surface area contributed by atoms with Crippen LogP contribution in [0.4, 0.5) is 0 Å². The second kappa shape index (κ2) is 7.22. The van der Waals surface area contributed by atoms with E-state index in [1.54, 1.807) is 0 Å². The Bertz CT molecular complexity index is 464. The van der Waals surface area contributed by atoms with E-state index in [1.165, 1.54) is 18.4 Å². The van der Waals surface area contributed by atoms with Crippen molar-refractivity contribution in [3.05, 3.63) is 35.4 Å². The summed E-state index contributed by atoms with van der Waals surface area (Å²) in [4.78, 5) is 23.9. The number of rotatable bonds is 5. The smallest absolute Gasteiger partial charge is 0.220 e. The van der Waals surface area contributed by atoms with Crippen molar-refractivity contribution >= 4 is 11.7 Å². The van der Waals surface area contributed by atoms with Crippen LogP contribution in [0.5, 0.6) is 0 Å². The fourth-order valence-corrected chi connectivity index (χ4v) is 2.59. The van der Waals surface area contributed by atoms with E-state index in [0.717, 1.165) is 25.7 Å². The predicted molar refractivity (Wildman–Crippen MR) is 79.8 cm³/mol. The highest BCUT2D eigenvalue weighted by atomic mass is 16.2. The molecule has 1 amide bonds. The van der Waals surface area contributed by atoms with Crippen LogP contribution in [0.2, 0.25) is 0 Å². The fraction of sp³-hybridized carbons (Fsp3) is 0.529. The molecule has 1 N–H and O–H groups in total. The number of aryl methyl sites for hydroxylation is 1. The number of Topliss-reactive ketones (excluding diaryl/α,β-unsaturated/α-hetero) is 1. The molecule has 1 unspecified atom stereocenters. The van der Waals surface area contributed by atoms with Crippen LogP contribution in [0.25, 0.3) is 0 Å². The highest BCUT2D eigenvalue weighted by Crippen LogP contribution is 2.15. The fourth-order valence-electron chi connectivity index (χ4n) is 2.59. The zero-order chi connectivity index (χ0) is 14.4. The van der Waals surface area contributed by atoms with E-state index < -0.39 is 0 Å². The summed E-state index contributed by atoms with van der Waals surface area (Å²) in [6.07, 6.45) is 6.52. The van der Waals surface area contributed by atoms with Gasteiger partial charge in [0.05, 0.1) is 6.04 Å². The topological polar surface area (TPSA) is 46.2 Å². The maximum atomic E-state index is 12.4. The van der Waals surface area contributed by atoms with Crippen molar-refractivity contribution in [2.75, 3.05) is 0 Å². The van der Waals surface area contributed by atoms with E-state index in [0.29, 0.717) is 12.0 Å². The van der Waals surface area contributed by atoms with Crippen molar-refractivity contribution in [2.24, 2.45) is 0 Å². The summed E-state index contributed by atoms with van der Waals surface area (Å²) >= 11 is 0. The van der Waals surface area contributed by atoms with Crippen LogP contribution in [0.3, 0.4) is 0 Å². The van der Waals surface area contributed by atoms with Gasteiger partial charge in [0.2, 0.25) is 5.91 Å². The van der Waals surface area contributed by atoms with E-state index >= 15 is 0 Å². The first-order valence-corrected chi connectivity index (χ1v) is 7.63. The molecule has 1 aliphatic rings. The first-order chi connectivity index (χ1) is 9.70. The van der Waals surface area contributed by atoms with Gasteiger partial charge in [0.1, 0.15) is 0 Å². The molecular weight excluding hydrogens is 250 g/mol. The Kier molecular flexibility index (Phi) is 5.33. The minimum atomic E-state index is -0.341. The molecule has 2 rings (SSSR count). The number of nitrogens with one attached hydrogen (secondary N) is 1. The minimum Gasteiger partial charge on any atom is -0.346 e. The van der Waals surface area contributed by atoms with Gasteiger partial charge >= 0.3 is 0 Å². The van der Waals surface area contributed by atoms with Gasteiger partial charge in [-0.05, 0) is 31.2 Å². The number of hydrogen-bond acceptors (Lipinski definition) is 2. The molecule has 1 aliphatic heterocycles. The van der Waals surface area contributed by atoms with Crippen molar-refractivity contribution in [1.82, 2.24) is 5.32 Å². The quantitative estimate of drug-likeness (QED) is 0.837. The molecule has 0 bridgehead atoms. The highest BCUT2D eigenvalue weighted by molar-refractivity contribution is 6.02. The van der Waals surface area contributed by atoms with Gasteiger partial charge in [-0.15, -0.1) is 0 Å². The summed E-state index contributed by atoms with van der Waals surface area (Å²) in [5, 5.41) is 2.84. The zero-order valence-electron chi connectivity index (χ0n) is 12.2. The van der Waals surface area contributed by atoms with E-state index in [4.69, 9.17) is 0 Å². The molecular formula is C17H23NO2. The van der Waals surface area contributed by atoms with Crippen LogP contribution < -0.4 is 5.32 Å². The number of amides is 1. The predicted octanol–water partition coefficient (Wildman–Crippen LogP) is 3.27. The average Bonchev–Trinajstić information content (AvgIpc) is 2.69. The molecule has 1 atom stereocenters. The van der Waals surface area contributed by atoms with Crippen LogP contribution in [-0.4, -0.2) is 17.7 Å². The third-order valence-corrected chi connectivity index (χ3v) is 3.86. The van der Waals surface area contributed by atoms with Crippen LogP contribution in [0.1, 0.15) is 61.4 Å². The molecule has 3 heteroatoms. The molecule has 3 nitrogen and oxygen atoms in total. The maximum Gasteiger partial charge on any atom is 0.220 e. The molecule has 1 heterocycles. The first-order valence-electron chi connectivity index (χ1n) is 7.63. The van der Waals surface area contributed by atoms with E-state index in [2.05, 4.69) is 12.2 Å². The Morgan fingerprint density at radius 1 is 1.25 bits per heavy atom. The van der Waals surface area contributed by atoms with Gasteiger partial charge in [-0.2, -0.15) is 0 Å². The molecule has 0 radical (unpaired) electrons. The lowest BCUT2D eigenvalue weighted by molar-refractivity contribution is -0.121. The molecule has 20 heavy (non-hydrogen) atoms. The molecule has 0 aromatic heterocycles. The summed E-state index contributed by atoms with van der Waals surface area (Å²) in [6, 6.07) is 7.50. The highest BCUT2D eigenvalue weighted by Gasteiger charge is 2.23. The SMILES string of the molecule is CCCCc1ccc(C(=O)C2CCCCC(=O)N2)cc1. The standard InChI is InChI=1S/C17H23NO2/c1-2-3-6-13-9-11-14(12-10-13)17(20)15-7-4-5-8-16(19)18-15/h9-12,15H,2-8H2,1H3,(H,18,19). The summed E-state index contributed by atoms with van der Waals surface area (Å²) < 4.78 is 0. The summed E-state index contributed by atoms with van der Waals surface area (Å²) in [7, 11) is 0. The Labute approximate surface area is 120 Å². The second-order valence-electron chi connectivity index (χ2n) is 5.53. The number of hydrogen-bond donors (Lipinski definition) is 1. The van der Waals surface area contributed by atoms with Crippen molar-refractivity contribution in [3.63, 3.8) is 0 Å². The lowest BCUT2D eigenvalue weighted by Crippen LogP contribution is -2.39. The second-order valence-corrected chi connectivity index (χ2v) is 5.53. The zero-order valence-corrected chi connectivity index (χ0v) is 12.2. The summed E-state index contributed by atoms with van der Waals surface area (Å²) in [5.74, 6) is 0.0442. The van der Waals surface area contributed by atoms with Gasteiger partial charge in [-0.3, -0.25) is 9.59 Å². The van der Waals surface area contributed by atoms with Crippen LogP contribution in [0, 0.1) is 0 Å². The van der Waals surface area contributed by atoms with E-state index in [-0.39, 0.29) is 17.7 Å². The molecule has 108 valence electrons. The third kappa shape index (κ3) is 3.92. The number of carbonyl (C=O) groups is 2. The van der Waals surface area contributed by atoms with Gasteiger partial charge < -0.3 is 5.32 Å². The van der Waals surface area contributed by atoms with Gasteiger partial charge in [0.15, 0.2) is 5.78 Å². The molecule has 0 spiro atoms. The first kappa shape index (κ1) is 14.8. The summed E-state index contributed by atoms with van der Waals surface area (Å²) in [6.45, 7) is 2.17. The molecule has 0 aliphatic carbocycles. The molecule has 1 aromatic rings.